The average Bonchev–Trinajstić information content (AvgIpc) is 3.04. The smallest absolute Gasteiger partial charge is 0.245 e. The van der Waals surface area contributed by atoms with Gasteiger partial charge in [0, 0.05) is 18.8 Å². The SMILES string of the molecule is O=C(C(Cl)c1ccccc1)N1CCC2(CC1)SCC(=O)N2c1ccc(F)cc1. The minimum absolute atomic E-state index is 0.0240. The van der Waals surface area contributed by atoms with E-state index in [1.807, 2.05) is 30.3 Å². The van der Waals surface area contributed by atoms with Crippen LogP contribution in [0.1, 0.15) is 23.8 Å². The highest BCUT2D eigenvalue weighted by Crippen LogP contribution is 2.47. The molecule has 2 saturated heterocycles. The Morgan fingerprint density at radius 2 is 1.71 bits per heavy atom. The molecule has 7 heteroatoms. The van der Waals surface area contributed by atoms with E-state index in [9.17, 15) is 14.0 Å². The molecule has 0 aromatic heterocycles. The van der Waals surface area contributed by atoms with E-state index >= 15 is 0 Å². The molecule has 2 aliphatic rings. The van der Waals surface area contributed by atoms with Gasteiger partial charge in [-0.3, -0.25) is 14.5 Å². The fraction of sp³-hybridized carbons (Fsp3) is 0.333. The lowest BCUT2D eigenvalue weighted by Crippen LogP contribution is -2.53. The second-order valence-corrected chi connectivity index (χ2v) is 8.81. The van der Waals surface area contributed by atoms with E-state index in [0.29, 0.717) is 37.4 Å². The van der Waals surface area contributed by atoms with Crippen LogP contribution in [0.2, 0.25) is 0 Å². The Kier molecular flexibility index (Phi) is 5.34. The number of hydrogen-bond donors (Lipinski definition) is 0. The normalized spacial score (nSPS) is 19.9. The molecule has 2 amide bonds. The van der Waals surface area contributed by atoms with E-state index in [0.717, 1.165) is 5.56 Å². The van der Waals surface area contributed by atoms with E-state index in [2.05, 4.69) is 0 Å². The number of rotatable bonds is 3. The summed E-state index contributed by atoms with van der Waals surface area (Å²) in [4.78, 5) is 28.5. The predicted octanol–water partition coefficient (Wildman–Crippen LogP) is 4.20. The van der Waals surface area contributed by atoms with Gasteiger partial charge in [-0.1, -0.05) is 30.3 Å². The molecule has 2 aromatic carbocycles. The number of benzene rings is 2. The Labute approximate surface area is 172 Å². The maximum Gasteiger partial charge on any atom is 0.245 e. The Hall–Kier alpha value is -2.05. The summed E-state index contributed by atoms with van der Waals surface area (Å²) in [5.74, 6) is -0.0131. The summed E-state index contributed by atoms with van der Waals surface area (Å²) in [6, 6.07) is 15.3. The summed E-state index contributed by atoms with van der Waals surface area (Å²) in [7, 11) is 0. The summed E-state index contributed by atoms with van der Waals surface area (Å²) >= 11 is 8.02. The van der Waals surface area contributed by atoms with Crippen LogP contribution in [0.15, 0.2) is 54.6 Å². The van der Waals surface area contributed by atoms with Gasteiger partial charge < -0.3 is 4.90 Å². The van der Waals surface area contributed by atoms with Crippen LogP contribution >= 0.6 is 23.4 Å². The van der Waals surface area contributed by atoms with Crippen molar-refractivity contribution >= 4 is 40.9 Å². The molecule has 0 N–H and O–H groups in total. The number of piperidine rings is 1. The first-order chi connectivity index (χ1) is 13.5. The van der Waals surface area contributed by atoms with E-state index in [-0.39, 0.29) is 22.5 Å². The van der Waals surface area contributed by atoms with Crippen molar-refractivity contribution in [3.05, 3.63) is 66.0 Å². The summed E-state index contributed by atoms with van der Waals surface area (Å²) < 4.78 is 13.3. The van der Waals surface area contributed by atoms with Gasteiger partial charge in [-0.25, -0.2) is 4.39 Å². The number of likely N-dealkylation sites (tertiary alicyclic amines) is 1. The summed E-state index contributed by atoms with van der Waals surface area (Å²) in [5.41, 5.74) is 1.49. The largest absolute Gasteiger partial charge is 0.341 e. The van der Waals surface area contributed by atoms with Crippen molar-refractivity contribution in [3.8, 4) is 0 Å². The van der Waals surface area contributed by atoms with Crippen molar-refractivity contribution in [1.29, 1.82) is 0 Å². The topological polar surface area (TPSA) is 40.6 Å². The van der Waals surface area contributed by atoms with E-state index in [4.69, 9.17) is 11.6 Å². The molecule has 0 aliphatic carbocycles. The minimum Gasteiger partial charge on any atom is -0.341 e. The summed E-state index contributed by atoms with van der Waals surface area (Å²) in [5, 5.41) is -0.707. The number of anilines is 1. The summed E-state index contributed by atoms with van der Waals surface area (Å²) in [6.45, 7) is 1.07. The first-order valence-corrected chi connectivity index (χ1v) is 10.6. The highest BCUT2D eigenvalue weighted by molar-refractivity contribution is 8.02. The van der Waals surface area contributed by atoms with E-state index in [1.165, 1.54) is 12.1 Å². The summed E-state index contributed by atoms with van der Waals surface area (Å²) in [6.07, 6.45) is 1.32. The fourth-order valence-electron chi connectivity index (χ4n) is 3.89. The molecule has 146 valence electrons. The van der Waals surface area contributed by atoms with Gasteiger partial charge in [0.15, 0.2) is 0 Å². The quantitative estimate of drug-likeness (QED) is 0.701. The van der Waals surface area contributed by atoms with Gasteiger partial charge >= 0.3 is 0 Å². The van der Waals surface area contributed by atoms with E-state index in [1.54, 1.807) is 33.7 Å². The van der Waals surface area contributed by atoms with Crippen LogP contribution < -0.4 is 4.90 Å². The molecular weight excluding hydrogens is 399 g/mol. The van der Waals surface area contributed by atoms with Crippen molar-refractivity contribution in [1.82, 2.24) is 4.90 Å². The predicted molar refractivity (Wildman–Crippen MR) is 110 cm³/mol. The molecule has 0 saturated carbocycles. The lowest BCUT2D eigenvalue weighted by atomic mass is 10.00. The second kappa shape index (κ2) is 7.76. The van der Waals surface area contributed by atoms with Crippen molar-refractivity contribution in [2.45, 2.75) is 23.1 Å². The zero-order valence-electron chi connectivity index (χ0n) is 15.2. The third kappa shape index (κ3) is 3.51. The lowest BCUT2D eigenvalue weighted by molar-refractivity contribution is -0.132. The molecule has 2 heterocycles. The first kappa shape index (κ1) is 19.3. The van der Waals surface area contributed by atoms with Gasteiger partial charge in [-0.2, -0.15) is 0 Å². The van der Waals surface area contributed by atoms with Crippen LogP contribution in [0.4, 0.5) is 10.1 Å². The van der Waals surface area contributed by atoms with Gasteiger partial charge in [-0.05, 0) is 42.7 Å². The van der Waals surface area contributed by atoms with Crippen LogP contribution in [-0.4, -0.2) is 40.4 Å². The van der Waals surface area contributed by atoms with Crippen molar-refractivity contribution < 1.29 is 14.0 Å². The maximum atomic E-state index is 13.3. The molecule has 28 heavy (non-hydrogen) atoms. The van der Waals surface area contributed by atoms with E-state index < -0.39 is 5.38 Å². The van der Waals surface area contributed by atoms with Gasteiger partial charge in [0.2, 0.25) is 11.8 Å². The molecule has 4 nitrogen and oxygen atoms in total. The average molecular weight is 419 g/mol. The number of amides is 2. The number of nitrogens with zero attached hydrogens (tertiary/aromatic N) is 2. The number of carbonyl (C=O) groups excluding carboxylic acids is 2. The molecule has 4 rings (SSSR count). The van der Waals surface area contributed by atoms with Crippen molar-refractivity contribution in [3.63, 3.8) is 0 Å². The zero-order chi connectivity index (χ0) is 19.7. The third-order valence-corrected chi connectivity index (χ3v) is 7.33. The van der Waals surface area contributed by atoms with Gasteiger partial charge in [-0.15, -0.1) is 23.4 Å². The molecule has 2 aliphatic heterocycles. The van der Waals surface area contributed by atoms with Crippen molar-refractivity contribution in [2.75, 3.05) is 23.7 Å². The van der Waals surface area contributed by atoms with Gasteiger partial charge in [0.1, 0.15) is 11.2 Å². The molecule has 2 fully saturated rings. The third-order valence-electron chi connectivity index (χ3n) is 5.37. The number of halogens is 2. The molecule has 1 spiro atoms. The number of hydrogen-bond acceptors (Lipinski definition) is 3. The Balaban J connectivity index is 1.48. The Morgan fingerprint density at radius 3 is 2.36 bits per heavy atom. The van der Waals surface area contributed by atoms with Crippen LogP contribution in [0.5, 0.6) is 0 Å². The first-order valence-electron chi connectivity index (χ1n) is 9.21. The molecule has 1 atom stereocenters. The highest BCUT2D eigenvalue weighted by Gasteiger charge is 2.49. The zero-order valence-corrected chi connectivity index (χ0v) is 16.8. The van der Waals surface area contributed by atoms with Gasteiger partial charge in [0.25, 0.3) is 0 Å². The monoisotopic (exact) mass is 418 g/mol. The number of alkyl halides is 1. The standard InChI is InChI=1S/C21H20ClFN2O2S/c22-19(15-4-2-1-3-5-15)20(27)24-12-10-21(11-13-24)25(18(26)14-28-21)17-8-6-16(23)7-9-17/h1-9,19H,10-14H2. The number of thioether (sulfide) groups is 1. The maximum absolute atomic E-state index is 13.3. The molecule has 2 aromatic rings. The van der Waals surface area contributed by atoms with Crippen LogP contribution in [-0.2, 0) is 9.59 Å². The molecule has 0 radical (unpaired) electrons. The van der Waals surface area contributed by atoms with Gasteiger partial charge in [0.05, 0.1) is 10.6 Å². The molecular formula is C21H20ClFN2O2S. The Bertz CT molecular complexity index is 870. The molecule has 0 bridgehead atoms. The highest BCUT2D eigenvalue weighted by atomic mass is 35.5. The second-order valence-electron chi connectivity index (χ2n) is 7.04. The minimum atomic E-state index is -0.707. The lowest BCUT2D eigenvalue weighted by Gasteiger charge is -2.44. The van der Waals surface area contributed by atoms with Crippen LogP contribution in [0, 0.1) is 5.82 Å². The Morgan fingerprint density at radius 1 is 1.07 bits per heavy atom. The fourth-order valence-corrected chi connectivity index (χ4v) is 5.50. The van der Waals surface area contributed by atoms with Crippen molar-refractivity contribution in [2.24, 2.45) is 0 Å². The molecule has 1 unspecified atom stereocenters. The van der Waals surface area contributed by atoms with Crippen LogP contribution in [0.25, 0.3) is 0 Å². The van der Waals surface area contributed by atoms with Crippen LogP contribution in [0.3, 0.4) is 0 Å². The number of carbonyl (C=O) groups is 2.